The summed E-state index contributed by atoms with van der Waals surface area (Å²) in [7, 11) is 0. The third-order valence-corrected chi connectivity index (χ3v) is 3.53. The Balaban J connectivity index is 2.39. The zero-order valence-corrected chi connectivity index (χ0v) is 11.5. The van der Waals surface area contributed by atoms with Crippen LogP contribution in [0.15, 0.2) is 0 Å². The van der Waals surface area contributed by atoms with E-state index < -0.39 is 0 Å². The molecular formula is C12H26N4O. The van der Waals surface area contributed by atoms with Gasteiger partial charge in [-0.1, -0.05) is 0 Å². The summed E-state index contributed by atoms with van der Waals surface area (Å²) in [5.41, 5.74) is 2.43. The molecule has 0 aromatic carbocycles. The minimum absolute atomic E-state index is 0.0873. The first-order chi connectivity index (χ1) is 7.84. The van der Waals surface area contributed by atoms with Gasteiger partial charge in [0, 0.05) is 44.2 Å². The van der Waals surface area contributed by atoms with E-state index in [1.54, 1.807) is 0 Å². The van der Waals surface area contributed by atoms with Crippen molar-refractivity contribution in [3.63, 3.8) is 0 Å². The van der Waals surface area contributed by atoms with Gasteiger partial charge in [0.15, 0.2) is 0 Å². The molecule has 5 heteroatoms. The van der Waals surface area contributed by atoms with Crippen LogP contribution in [0.1, 0.15) is 34.1 Å². The quantitative estimate of drug-likeness (QED) is 0.421. The lowest BCUT2D eigenvalue weighted by molar-refractivity contribution is -0.122. The molecule has 0 aromatic heterocycles. The van der Waals surface area contributed by atoms with E-state index in [0.717, 1.165) is 26.2 Å². The zero-order chi connectivity index (χ0) is 13.1. The van der Waals surface area contributed by atoms with Gasteiger partial charge in [-0.05, 0) is 27.7 Å². The molecule has 5 nitrogen and oxygen atoms in total. The number of carbonyl (C=O) groups excluding carboxylic acids is 1. The van der Waals surface area contributed by atoms with Crippen LogP contribution in [0.3, 0.4) is 0 Å². The van der Waals surface area contributed by atoms with E-state index in [0.29, 0.717) is 6.42 Å². The first-order valence-electron chi connectivity index (χ1n) is 6.33. The van der Waals surface area contributed by atoms with E-state index in [1.807, 2.05) is 0 Å². The van der Waals surface area contributed by atoms with Crippen molar-refractivity contribution in [1.29, 1.82) is 0 Å². The number of carbonyl (C=O) groups is 1. The van der Waals surface area contributed by atoms with Gasteiger partial charge in [0.25, 0.3) is 0 Å². The van der Waals surface area contributed by atoms with E-state index in [1.165, 1.54) is 0 Å². The maximum atomic E-state index is 11.2. The van der Waals surface area contributed by atoms with Gasteiger partial charge in [0.2, 0.25) is 5.91 Å². The van der Waals surface area contributed by atoms with Crippen LogP contribution in [0, 0.1) is 0 Å². The Morgan fingerprint density at radius 1 is 1.29 bits per heavy atom. The molecule has 3 N–H and O–H groups in total. The number of rotatable bonds is 3. The number of piperazine rings is 1. The van der Waals surface area contributed by atoms with Crippen molar-refractivity contribution in [3.05, 3.63) is 0 Å². The minimum atomic E-state index is -0.0873. The van der Waals surface area contributed by atoms with Crippen LogP contribution in [0.5, 0.6) is 0 Å². The second kappa shape index (κ2) is 5.80. The zero-order valence-electron chi connectivity index (χ0n) is 11.5. The van der Waals surface area contributed by atoms with Crippen LogP contribution in [0.4, 0.5) is 0 Å². The summed E-state index contributed by atoms with van der Waals surface area (Å²) in [6.07, 6.45) is 0.478. The van der Waals surface area contributed by atoms with Crippen molar-refractivity contribution in [2.45, 2.75) is 45.7 Å². The van der Waals surface area contributed by atoms with Gasteiger partial charge >= 0.3 is 0 Å². The summed E-state index contributed by atoms with van der Waals surface area (Å²) in [6, 6.07) is 0.265. The fourth-order valence-corrected chi connectivity index (χ4v) is 2.29. The van der Waals surface area contributed by atoms with Crippen molar-refractivity contribution < 1.29 is 4.79 Å². The fourth-order valence-electron chi connectivity index (χ4n) is 2.29. The first-order valence-corrected chi connectivity index (χ1v) is 6.33. The molecular weight excluding hydrogens is 216 g/mol. The monoisotopic (exact) mass is 242 g/mol. The second-order valence-electron chi connectivity index (χ2n) is 5.81. The molecule has 1 unspecified atom stereocenters. The van der Waals surface area contributed by atoms with E-state index in [4.69, 9.17) is 5.84 Å². The number of hydrogen-bond donors (Lipinski definition) is 2. The predicted octanol–water partition coefficient (Wildman–Crippen LogP) is 0.171. The number of nitrogens with two attached hydrogens (primary N) is 1. The van der Waals surface area contributed by atoms with Gasteiger partial charge in [-0.2, -0.15) is 0 Å². The number of nitrogens with zero attached hydrogens (tertiary/aromatic N) is 2. The molecule has 1 fully saturated rings. The summed E-state index contributed by atoms with van der Waals surface area (Å²) >= 11 is 0. The van der Waals surface area contributed by atoms with Gasteiger partial charge in [-0.25, -0.2) is 5.84 Å². The van der Waals surface area contributed by atoms with E-state index in [9.17, 15) is 4.79 Å². The molecule has 0 aliphatic carbocycles. The summed E-state index contributed by atoms with van der Waals surface area (Å²) in [5.74, 6) is 5.02. The number of nitrogens with one attached hydrogen (secondary N) is 1. The van der Waals surface area contributed by atoms with Gasteiger partial charge < -0.3 is 0 Å². The van der Waals surface area contributed by atoms with Gasteiger partial charge in [0.05, 0.1) is 0 Å². The van der Waals surface area contributed by atoms with Crippen LogP contribution in [-0.2, 0) is 4.79 Å². The summed E-state index contributed by atoms with van der Waals surface area (Å²) < 4.78 is 0. The van der Waals surface area contributed by atoms with Crippen molar-refractivity contribution in [3.8, 4) is 0 Å². The molecule has 0 radical (unpaired) electrons. The minimum Gasteiger partial charge on any atom is -0.298 e. The Bertz CT molecular complexity index is 254. The molecule has 0 bridgehead atoms. The van der Waals surface area contributed by atoms with Crippen molar-refractivity contribution in [1.82, 2.24) is 15.2 Å². The second-order valence-corrected chi connectivity index (χ2v) is 5.81. The SMILES string of the molecule is CC(CC(=O)NN)N1CCN(C(C)(C)C)CC1. The average Bonchev–Trinajstić information content (AvgIpc) is 2.27. The summed E-state index contributed by atoms with van der Waals surface area (Å²) in [5, 5.41) is 0. The fraction of sp³-hybridized carbons (Fsp3) is 0.917. The number of amides is 1. The van der Waals surface area contributed by atoms with Crippen LogP contribution >= 0.6 is 0 Å². The Morgan fingerprint density at radius 2 is 1.82 bits per heavy atom. The largest absolute Gasteiger partial charge is 0.298 e. The van der Waals surface area contributed by atoms with Crippen LogP contribution in [-0.4, -0.2) is 53.5 Å². The smallest absolute Gasteiger partial charge is 0.235 e. The van der Waals surface area contributed by atoms with Crippen LogP contribution in [0.25, 0.3) is 0 Å². The molecule has 100 valence electrons. The average molecular weight is 242 g/mol. The Hall–Kier alpha value is -0.650. The van der Waals surface area contributed by atoms with Crippen LogP contribution < -0.4 is 11.3 Å². The van der Waals surface area contributed by atoms with Crippen LogP contribution in [0.2, 0.25) is 0 Å². The lowest BCUT2D eigenvalue weighted by Gasteiger charge is -2.44. The first kappa shape index (κ1) is 14.4. The summed E-state index contributed by atoms with van der Waals surface area (Å²) in [6.45, 7) is 13.0. The van der Waals surface area contributed by atoms with Crippen molar-refractivity contribution in [2.24, 2.45) is 5.84 Å². The van der Waals surface area contributed by atoms with E-state index in [-0.39, 0.29) is 17.5 Å². The molecule has 1 aliphatic rings. The van der Waals surface area contributed by atoms with Gasteiger partial charge in [0.1, 0.15) is 0 Å². The van der Waals surface area contributed by atoms with Crippen molar-refractivity contribution >= 4 is 5.91 Å². The Kier molecular flexibility index (Phi) is 4.91. The maximum Gasteiger partial charge on any atom is 0.235 e. The highest BCUT2D eigenvalue weighted by atomic mass is 16.2. The van der Waals surface area contributed by atoms with E-state index >= 15 is 0 Å². The normalized spacial score (nSPS) is 21.2. The number of hydrogen-bond acceptors (Lipinski definition) is 4. The molecule has 1 amide bonds. The van der Waals surface area contributed by atoms with E-state index in [2.05, 4.69) is 42.9 Å². The standard InChI is InChI=1S/C12H26N4O/c1-10(9-11(17)14-13)15-5-7-16(8-6-15)12(2,3)4/h10H,5-9,13H2,1-4H3,(H,14,17). The van der Waals surface area contributed by atoms with Gasteiger partial charge in [-0.3, -0.25) is 20.0 Å². The molecule has 1 heterocycles. The third-order valence-electron chi connectivity index (χ3n) is 3.53. The Morgan fingerprint density at radius 3 is 2.24 bits per heavy atom. The Labute approximate surface area is 104 Å². The summed E-state index contributed by atoms with van der Waals surface area (Å²) in [4.78, 5) is 16.1. The lowest BCUT2D eigenvalue weighted by atomic mass is 10.0. The lowest BCUT2D eigenvalue weighted by Crippen LogP contribution is -2.55. The molecule has 1 saturated heterocycles. The van der Waals surface area contributed by atoms with Crippen molar-refractivity contribution in [2.75, 3.05) is 26.2 Å². The predicted molar refractivity (Wildman–Crippen MR) is 69.3 cm³/mol. The highest BCUT2D eigenvalue weighted by Crippen LogP contribution is 2.17. The molecule has 17 heavy (non-hydrogen) atoms. The topological polar surface area (TPSA) is 61.6 Å². The van der Waals surface area contributed by atoms with Gasteiger partial charge in [-0.15, -0.1) is 0 Å². The maximum absolute atomic E-state index is 11.2. The number of hydrazine groups is 1. The molecule has 1 aliphatic heterocycles. The molecule has 0 spiro atoms. The highest BCUT2D eigenvalue weighted by Gasteiger charge is 2.28. The molecule has 0 saturated carbocycles. The third kappa shape index (κ3) is 4.26. The molecule has 1 rings (SSSR count). The highest BCUT2D eigenvalue weighted by molar-refractivity contribution is 5.75. The molecule has 0 aromatic rings. The molecule has 1 atom stereocenters.